The average Bonchev–Trinajstić information content (AvgIpc) is 2.73. The number of halogens is 1. The number of hydrogen-bond acceptors (Lipinski definition) is 5. The highest BCUT2D eigenvalue weighted by Crippen LogP contribution is 2.20. The second kappa shape index (κ2) is 13.2. The lowest BCUT2D eigenvalue weighted by Crippen LogP contribution is -2.11. The summed E-state index contributed by atoms with van der Waals surface area (Å²) in [5.74, 6) is 5.13. The van der Waals surface area contributed by atoms with Crippen LogP contribution in [0.4, 0.5) is 4.39 Å². The van der Waals surface area contributed by atoms with Crippen molar-refractivity contribution in [2.75, 3.05) is 7.05 Å². The quantitative estimate of drug-likeness (QED) is 0.329. The Balaban J connectivity index is 0.000000447. The Morgan fingerprint density at radius 2 is 1.93 bits per heavy atom. The maximum Gasteiger partial charge on any atom is 0.248 e. The Morgan fingerprint density at radius 3 is 2.41 bits per heavy atom. The van der Waals surface area contributed by atoms with Gasteiger partial charge in [-0.1, -0.05) is 25.2 Å². The summed E-state index contributed by atoms with van der Waals surface area (Å²) in [6.45, 7) is 2.06. The predicted molar refractivity (Wildman–Crippen MR) is 118 cm³/mol. The van der Waals surface area contributed by atoms with Gasteiger partial charge in [0.1, 0.15) is 5.82 Å². The van der Waals surface area contributed by atoms with E-state index in [1.807, 2.05) is 0 Å². The van der Waals surface area contributed by atoms with E-state index in [1.165, 1.54) is 36.5 Å². The van der Waals surface area contributed by atoms with Gasteiger partial charge in [-0.25, -0.2) is 4.39 Å². The second-order valence-corrected chi connectivity index (χ2v) is 6.83. The van der Waals surface area contributed by atoms with E-state index in [0.717, 1.165) is 23.3 Å². The summed E-state index contributed by atoms with van der Waals surface area (Å²) in [7, 11) is 1.80. The molecule has 0 fully saturated rings. The van der Waals surface area contributed by atoms with Gasteiger partial charge in [0.15, 0.2) is 0 Å². The lowest BCUT2D eigenvalue weighted by atomic mass is 10.1. The third kappa shape index (κ3) is 8.64. The maximum atomic E-state index is 12.8. The predicted octanol–water partition coefficient (Wildman–Crippen LogP) is 3.83. The monoisotopic (exact) mass is 412 g/mol. The van der Waals surface area contributed by atoms with Crippen molar-refractivity contribution in [2.45, 2.75) is 24.7 Å². The molecule has 0 atom stereocenters. The van der Waals surface area contributed by atoms with Gasteiger partial charge in [0.25, 0.3) is 0 Å². The molecule has 0 aliphatic heterocycles. The number of benzene rings is 2. The average molecular weight is 413 g/mol. The van der Waals surface area contributed by atoms with Crippen molar-refractivity contribution in [3.8, 4) is 11.8 Å². The van der Waals surface area contributed by atoms with Gasteiger partial charge in [0.05, 0.1) is 0 Å². The molecule has 2 aromatic carbocycles. The van der Waals surface area contributed by atoms with Crippen LogP contribution in [0.2, 0.25) is 0 Å². The molecular weight excluding hydrogens is 387 g/mol. The van der Waals surface area contributed by atoms with Crippen molar-refractivity contribution in [3.63, 3.8) is 0 Å². The molecule has 0 saturated carbocycles. The zero-order valence-corrected chi connectivity index (χ0v) is 17.3. The first kappa shape index (κ1) is 24.0. The van der Waals surface area contributed by atoms with E-state index >= 15 is 0 Å². The van der Waals surface area contributed by atoms with Gasteiger partial charge in [-0.15, -0.1) is 0 Å². The van der Waals surface area contributed by atoms with Crippen molar-refractivity contribution in [3.05, 3.63) is 76.7 Å². The zero-order valence-electron chi connectivity index (χ0n) is 16.5. The smallest absolute Gasteiger partial charge is 0.248 e. The summed E-state index contributed by atoms with van der Waals surface area (Å²) in [6, 6.07) is 11.0. The zero-order chi connectivity index (χ0) is 21.6. The van der Waals surface area contributed by atoms with Crippen LogP contribution in [0.15, 0.2) is 59.1 Å². The molecule has 1 amide bonds. The van der Waals surface area contributed by atoms with Crippen LogP contribution in [0.5, 0.6) is 0 Å². The summed E-state index contributed by atoms with van der Waals surface area (Å²) in [5.41, 5.74) is 13.1. The fourth-order valence-electron chi connectivity index (χ4n) is 2.14. The van der Waals surface area contributed by atoms with Crippen LogP contribution in [-0.4, -0.2) is 19.2 Å². The van der Waals surface area contributed by atoms with E-state index in [-0.39, 0.29) is 5.82 Å². The minimum Gasteiger partial charge on any atom is -0.404 e. The molecule has 152 valence electrons. The first-order valence-electron chi connectivity index (χ1n) is 8.91. The van der Waals surface area contributed by atoms with Crippen LogP contribution < -0.4 is 16.2 Å². The number of hydrogen-bond donors (Lipinski definition) is 4. The van der Waals surface area contributed by atoms with Gasteiger partial charge >= 0.3 is 0 Å². The SMILES string of the molecule is CCC/C(C=N)=C/N.CNSc1ccc(C(N)=O)cc1C#Cc1ccc(F)cc1. The van der Waals surface area contributed by atoms with Crippen LogP contribution in [0, 0.1) is 23.1 Å². The number of nitrogens with one attached hydrogen (secondary N) is 2. The molecule has 7 heteroatoms. The molecule has 0 saturated heterocycles. The maximum absolute atomic E-state index is 12.8. The minimum atomic E-state index is -0.499. The van der Waals surface area contributed by atoms with Crippen molar-refractivity contribution < 1.29 is 9.18 Å². The van der Waals surface area contributed by atoms with Crippen molar-refractivity contribution in [2.24, 2.45) is 11.5 Å². The highest BCUT2D eigenvalue weighted by Gasteiger charge is 2.06. The summed E-state index contributed by atoms with van der Waals surface area (Å²) >= 11 is 1.40. The standard InChI is InChI=1S/C16H13FN2OS.C6H12N2/c1-19-21-15-9-6-13(16(18)20)10-12(15)5-2-11-3-7-14(17)8-4-11;1-2-3-6(4-7)5-8/h3-4,6-10,19H,1H3,(H2,18,20);4-5,7H,2-3,8H2,1H3/b;6-5-,7-4?. The molecule has 0 heterocycles. The van der Waals surface area contributed by atoms with E-state index in [9.17, 15) is 9.18 Å². The Morgan fingerprint density at radius 1 is 1.24 bits per heavy atom. The van der Waals surface area contributed by atoms with Crippen molar-refractivity contribution >= 4 is 24.1 Å². The van der Waals surface area contributed by atoms with E-state index in [2.05, 4.69) is 23.5 Å². The molecular formula is C22H25FN4OS. The molecule has 0 aliphatic rings. The van der Waals surface area contributed by atoms with Gasteiger partial charge in [0, 0.05) is 27.8 Å². The minimum absolute atomic E-state index is 0.303. The highest BCUT2D eigenvalue weighted by atomic mass is 32.2. The van der Waals surface area contributed by atoms with E-state index in [1.54, 1.807) is 37.4 Å². The first-order chi connectivity index (χ1) is 13.9. The molecule has 5 nitrogen and oxygen atoms in total. The van der Waals surface area contributed by atoms with Crippen LogP contribution >= 0.6 is 11.9 Å². The number of carbonyl (C=O) groups is 1. The fraction of sp³-hybridized carbons (Fsp3) is 0.182. The van der Waals surface area contributed by atoms with Crippen LogP contribution in [0.3, 0.4) is 0 Å². The number of allylic oxidation sites excluding steroid dienone is 1. The molecule has 29 heavy (non-hydrogen) atoms. The summed E-state index contributed by atoms with van der Waals surface area (Å²) < 4.78 is 15.8. The van der Waals surface area contributed by atoms with Gasteiger partial charge in [0.2, 0.25) is 5.91 Å². The van der Waals surface area contributed by atoms with E-state index in [4.69, 9.17) is 16.9 Å². The van der Waals surface area contributed by atoms with Crippen LogP contribution in [0.1, 0.15) is 41.3 Å². The molecule has 0 aliphatic carbocycles. The molecule has 0 radical (unpaired) electrons. The Kier molecular flexibility index (Phi) is 10.9. The molecule has 0 unspecified atom stereocenters. The lowest BCUT2D eigenvalue weighted by molar-refractivity contribution is 0.1000. The molecule has 2 aromatic rings. The number of nitrogens with two attached hydrogens (primary N) is 2. The largest absolute Gasteiger partial charge is 0.404 e. The van der Waals surface area contributed by atoms with Crippen molar-refractivity contribution in [1.29, 1.82) is 5.41 Å². The molecule has 0 aromatic heterocycles. The van der Waals surface area contributed by atoms with Gasteiger partial charge in [-0.2, -0.15) is 0 Å². The molecule has 0 bridgehead atoms. The van der Waals surface area contributed by atoms with Crippen LogP contribution in [-0.2, 0) is 0 Å². The van der Waals surface area contributed by atoms with E-state index in [0.29, 0.717) is 16.7 Å². The van der Waals surface area contributed by atoms with Crippen LogP contribution in [0.25, 0.3) is 0 Å². The Hall–Kier alpha value is -3.08. The molecule has 0 spiro atoms. The summed E-state index contributed by atoms with van der Waals surface area (Å²) in [4.78, 5) is 12.1. The van der Waals surface area contributed by atoms with Crippen molar-refractivity contribution in [1.82, 2.24) is 4.72 Å². The normalized spacial score (nSPS) is 10.2. The number of carbonyl (C=O) groups excluding carboxylic acids is 1. The Bertz CT molecular complexity index is 915. The number of amides is 1. The number of primary amides is 1. The molecule has 6 N–H and O–H groups in total. The van der Waals surface area contributed by atoms with Gasteiger partial charge in [-0.05, 0) is 79.7 Å². The number of rotatable bonds is 6. The van der Waals surface area contributed by atoms with Gasteiger partial charge < -0.3 is 16.9 Å². The second-order valence-electron chi connectivity index (χ2n) is 5.77. The topological polar surface area (TPSA) is 105 Å². The summed E-state index contributed by atoms with van der Waals surface area (Å²) in [6.07, 6.45) is 4.75. The Labute approximate surface area is 175 Å². The fourth-order valence-corrected chi connectivity index (χ4v) is 2.72. The lowest BCUT2D eigenvalue weighted by Gasteiger charge is -2.04. The third-order valence-electron chi connectivity index (χ3n) is 3.60. The third-order valence-corrected chi connectivity index (χ3v) is 4.38. The summed E-state index contributed by atoms with van der Waals surface area (Å²) in [5, 5.41) is 6.79. The van der Waals surface area contributed by atoms with Gasteiger partial charge in [-0.3, -0.25) is 9.52 Å². The molecule has 2 rings (SSSR count). The van der Waals surface area contributed by atoms with E-state index < -0.39 is 5.91 Å². The first-order valence-corrected chi connectivity index (χ1v) is 9.73. The highest BCUT2D eigenvalue weighted by molar-refractivity contribution is 7.97.